The number of rotatable bonds is 2. The molecule has 1 aromatic heterocycles. The maximum atomic E-state index is 3.99. The molecule has 3 heteroatoms. The van der Waals surface area contributed by atoms with Gasteiger partial charge in [0.2, 0.25) is 0 Å². The van der Waals surface area contributed by atoms with Crippen LogP contribution in [0.2, 0.25) is 0 Å². The van der Waals surface area contributed by atoms with Crippen molar-refractivity contribution in [1.29, 1.82) is 0 Å². The van der Waals surface area contributed by atoms with Crippen LogP contribution < -0.4 is 5.32 Å². The summed E-state index contributed by atoms with van der Waals surface area (Å²) in [5.41, 5.74) is 2.15. The molecule has 1 aromatic rings. The average Bonchev–Trinajstić information content (AvgIpc) is 2.69. The van der Waals surface area contributed by atoms with E-state index in [1.165, 1.54) is 47.8 Å². The Morgan fingerprint density at radius 1 is 1.32 bits per heavy atom. The van der Waals surface area contributed by atoms with Crippen molar-refractivity contribution < 1.29 is 0 Å². The molecule has 106 valence electrons. The third-order valence-corrected chi connectivity index (χ3v) is 6.70. The second-order valence-electron chi connectivity index (χ2n) is 7.00. The van der Waals surface area contributed by atoms with Crippen LogP contribution >= 0.6 is 33.9 Å². The Morgan fingerprint density at radius 2 is 2.16 bits per heavy atom. The van der Waals surface area contributed by atoms with Crippen molar-refractivity contribution in [1.82, 2.24) is 5.32 Å². The number of thiophene rings is 1. The van der Waals surface area contributed by atoms with Crippen LogP contribution in [0.4, 0.5) is 0 Å². The van der Waals surface area contributed by atoms with Gasteiger partial charge in [-0.3, -0.25) is 0 Å². The van der Waals surface area contributed by atoms with Gasteiger partial charge < -0.3 is 5.32 Å². The second-order valence-corrected chi connectivity index (χ2v) is 10.0. The fraction of sp³-hybridized carbons (Fsp3) is 0.750. The molecule has 2 aliphatic carbocycles. The lowest BCUT2D eigenvalue weighted by Gasteiger charge is -2.38. The third kappa shape index (κ3) is 3.35. The highest BCUT2D eigenvalue weighted by Gasteiger charge is 2.31. The Kier molecular flexibility index (Phi) is 4.26. The summed E-state index contributed by atoms with van der Waals surface area (Å²) in [6, 6.07) is 3.78. The first-order chi connectivity index (χ1) is 9.03. The fourth-order valence-electron chi connectivity index (χ4n) is 3.82. The summed E-state index contributed by atoms with van der Waals surface area (Å²) in [6.45, 7) is 4.86. The van der Waals surface area contributed by atoms with E-state index in [0.29, 0.717) is 11.5 Å². The highest BCUT2D eigenvalue weighted by molar-refractivity contribution is 14.1. The van der Waals surface area contributed by atoms with Crippen molar-refractivity contribution in [2.24, 2.45) is 5.41 Å². The fourth-order valence-corrected chi connectivity index (χ4v) is 5.94. The molecule has 1 saturated carbocycles. The topological polar surface area (TPSA) is 12.0 Å². The summed E-state index contributed by atoms with van der Waals surface area (Å²) < 4.78 is 1.46. The smallest absolute Gasteiger partial charge is 0.0659 e. The molecule has 2 aliphatic rings. The minimum Gasteiger partial charge on any atom is -0.307 e. The first-order valence-corrected chi connectivity index (χ1v) is 9.47. The Balaban J connectivity index is 1.70. The molecule has 0 aromatic carbocycles. The molecule has 1 N–H and O–H groups in total. The molecule has 0 aliphatic heterocycles. The zero-order valence-corrected chi connectivity index (χ0v) is 14.9. The zero-order valence-electron chi connectivity index (χ0n) is 12.0. The summed E-state index contributed by atoms with van der Waals surface area (Å²) in [7, 11) is 0. The molecule has 0 saturated heterocycles. The van der Waals surface area contributed by atoms with E-state index in [4.69, 9.17) is 0 Å². The van der Waals surface area contributed by atoms with Crippen molar-refractivity contribution in [2.75, 3.05) is 0 Å². The lowest BCUT2D eigenvalue weighted by molar-refractivity contribution is 0.186. The average molecular weight is 389 g/mol. The molecule has 19 heavy (non-hydrogen) atoms. The third-order valence-electron chi connectivity index (χ3n) is 4.73. The lowest BCUT2D eigenvalue weighted by Crippen LogP contribution is -2.40. The Labute approximate surface area is 134 Å². The van der Waals surface area contributed by atoms with Crippen molar-refractivity contribution in [3.63, 3.8) is 0 Å². The number of hydrogen-bond donors (Lipinski definition) is 1. The Morgan fingerprint density at radius 3 is 2.95 bits per heavy atom. The predicted molar refractivity (Wildman–Crippen MR) is 91.9 cm³/mol. The standard InChI is InChI=1S/C16H24INS/c1-16(2)8-4-5-11(10-16)18-13-6-3-7-14-12(13)9-15(17)19-14/h9,11,13,18H,3-8,10H2,1-2H3. The molecule has 0 radical (unpaired) electrons. The van der Waals surface area contributed by atoms with Crippen molar-refractivity contribution in [3.05, 3.63) is 19.4 Å². The van der Waals surface area contributed by atoms with E-state index in [0.717, 1.165) is 6.04 Å². The van der Waals surface area contributed by atoms with Gasteiger partial charge in [-0.15, -0.1) is 11.3 Å². The minimum absolute atomic E-state index is 0.538. The van der Waals surface area contributed by atoms with Gasteiger partial charge in [-0.05, 0) is 78.2 Å². The van der Waals surface area contributed by atoms with E-state index >= 15 is 0 Å². The van der Waals surface area contributed by atoms with Gasteiger partial charge in [0, 0.05) is 17.0 Å². The van der Waals surface area contributed by atoms with Gasteiger partial charge in [-0.1, -0.05) is 20.3 Å². The number of nitrogens with one attached hydrogen (secondary N) is 1. The highest BCUT2D eigenvalue weighted by Crippen LogP contribution is 2.39. The summed E-state index contributed by atoms with van der Waals surface area (Å²) in [6.07, 6.45) is 9.50. The molecule has 2 unspecified atom stereocenters. The van der Waals surface area contributed by atoms with Crippen molar-refractivity contribution >= 4 is 33.9 Å². The summed E-state index contributed by atoms with van der Waals surface area (Å²) in [4.78, 5) is 1.64. The molecule has 0 bridgehead atoms. The van der Waals surface area contributed by atoms with Crippen molar-refractivity contribution in [2.45, 2.75) is 70.9 Å². The quantitative estimate of drug-likeness (QED) is 0.678. The monoisotopic (exact) mass is 389 g/mol. The SMILES string of the molecule is CC1(C)CCCC(NC2CCCc3sc(I)cc32)C1. The number of aryl methyl sites for hydroxylation is 1. The Bertz CT molecular complexity index is 452. The molecule has 1 nitrogen and oxygen atoms in total. The van der Waals surface area contributed by atoms with E-state index in [1.54, 1.807) is 10.4 Å². The summed E-state index contributed by atoms with van der Waals surface area (Å²) in [5.74, 6) is 0. The van der Waals surface area contributed by atoms with Gasteiger partial charge in [0.25, 0.3) is 0 Å². The normalized spacial score (nSPS) is 30.1. The van der Waals surface area contributed by atoms with Crippen molar-refractivity contribution in [3.8, 4) is 0 Å². The van der Waals surface area contributed by atoms with E-state index in [-0.39, 0.29) is 0 Å². The molecule has 0 spiro atoms. The van der Waals surface area contributed by atoms with Gasteiger partial charge in [-0.2, -0.15) is 0 Å². The molecular formula is C16H24INS. The van der Waals surface area contributed by atoms with Gasteiger partial charge in [0.1, 0.15) is 0 Å². The second kappa shape index (κ2) is 5.64. The first kappa shape index (κ1) is 14.3. The van der Waals surface area contributed by atoms with Gasteiger partial charge in [-0.25, -0.2) is 0 Å². The van der Waals surface area contributed by atoms with Gasteiger partial charge in [0.05, 0.1) is 2.88 Å². The van der Waals surface area contributed by atoms with E-state index in [1.807, 2.05) is 11.3 Å². The molecule has 3 rings (SSSR count). The van der Waals surface area contributed by atoms with Crippen LogP contribution in [-0.4, -0.2) is 6.04 Å². The van der Waals surface area contributed by atoms with Crippen LogP contribution in [0.15, 0.2) is 6.07 Å². The first-order valence-electron chi connectivity index (χ1n) is 7.58. The van der Waals surface area contributed by atoms with E-state index in [2.05, 4.69) is 47.8 Å². The zero-order chi connectivity index (χ0) is 13.5. The molecule has 1 fully saturated rings. The van der Waals surface area contributed by atoms with Crippen LogP contribution in [-0.2, 0) is 6.42 Å². The summed E-state index contributed by atoms with van der Waals surface area (Å²) in [5, 5.41) is 3.99. The predicted octanol–water partition coefficient (Wildman–Crippen LogP) is 5.29. The molecular weight excluding hydrogens is 365 g/mol. The van der Waals surface area contributed by atoms with E-state index in [9.17, 15) is 0 Å². The lowest BCUT2D eigenvalue weighted by atomic mass is 9.74. The minimum atomic E-state index is 0.538. The molecule has 1 heterocycles. The number of fused-ring (bicyclic) bond motifs is 1. The summed E-state index contributed by atoms with van der Waals surface area (Å²) >= 11 is 4.48. The molecule has 2 atom stereocenters. The molecule has 0 amide bonds. The van der Waals surface area contributed by atoms with Gasteiger partial charge in [0.15, 0.2) is 0 Å². The maximum Gasteiger partial charge on any atom is 0.0659 e. The number of halogens is 1. The largest absolute Gasteiger partial charge is 0.307 e. The number of hydrogen-bond acceptors (Lipinski definition) is 2. The Hall–Kier alpha value is 0.390. The van der Waals surface area contributed by atoms with Crippen LogP contribution in [0.25, 0.3) is 0 Å². The van der Waals surface area contributed by atoms with Crippen LogP contribution in [0.3, 0.4) is 0 Å². The van der Waals surface area contributed by atoms with Crippen LogP contribution in [0.5, 0.6) is 0 Å². The van der Waals surface area contributed by atoms with Crippen LogP contribution in [0, 0.1) is 8.30 Å². The van der Waals surface area contributed by atoms with E-state index < -0.39 is 0 Å². The van der Waals surface area contributed by atoms with Gasteiger partial charge >= 0.3 is 0 Å². The van der Waals surface area contributed by atoms with Crippen LogP contribution in [0.1, 0.15) is 68.9 Å². The maximum absolute atomic E-state index is 3.99. The highest BCUT2D eigenvalue weighted by atomic mass is 127.